The summed E-state index contributed by atoms with van der Waals surface area (Å²) in [5.41, 5.74) is 2.01. The zero-order valence-electron chi connectivity index (χ0n) is 11.4. The van der Waals surface area contributed by atoms with Crippen LogP contribution in [0.3, 0.4) is 0 Å². The molecule has 0 unspecified atom stereocenters. The monoisotopic (exact) mass is 273 g/mol. The highest BCUT2D eigenvalue weighted by Crippen LogP contribution is 2.21. The van der Waals surface area contributed by atoms with E-state index in [1.54, 1.807) is 24.5 Å². The number of aryl methyl sites for hydroxylation is 1. The number of amides is 1. The molecule has 0 radical (unpaired) electrons. The summed E-state index contributed by atoms with van der Waals surface area (Å²) in [6.45, 7) is 4.26. The second-order valence-corrected chi connectivity index (χ2v) is 4.40. The van der Waals surface area contributed by atoms with Crippen molar-refractivity contribution in [1.29, 1.82) is 0 Å². The fourth-order valence-electron chi connectivity index (χ4n) is 1.89. The van der Waals surface area contributed by atoms with Gasteiger partial charge in [-0.3, -0.25) is 9.78 Å². The fraction of sp³-hybridized carbons (Fsp3) is 0.200. The maximum atomic E-state index is 13.7. The lowest BCUT2D eigenvalue weighted by Crippen LogP contribution is -2.16. The number of hydrogen-bond donors (Lipinski definition) is 2. The van der Waals surface area contributed by atoms with Crippen LogP contribution >= 0.6 is 0 Å². The summed E-state index contributed by atoms with van der Waals surface area (Å²) in [5.74, 6) is -0.810. The molecule has 20 heavy (non-hydrogen) atoms. The number of aromatic nitrogens is 1. The minimum Gasteiger partial charge on any atom is -0.382 e. The van der Waals surface area contributed by atoms with Crippen molar-refractivity contribution in [2.75, 3.05) is 17.2 Å². The van der Waals surface area contributed by atoms with Gasteiger partial charge in [-0.2, -0.15) is 0 Å². The van der Waals surface area contributed by atoms with Crippen molar-refractivity contribution in [2.45, 2.75) is 13.8 Å². The van der Waals surface area contributed by atoms with Gasteiger partial charge in [-0.1, -0.05) is 6.07 Å². The van der Waals surface area contributed by atoms with Gasteiger partial charge in [0.05, 0.1) is 23.1 Å². The average Bonchev–Trinajstić information content (AvgIpc) is 2.41. The van der Waals surface area contributed by atoms with Crippen molar-refractivity contribution in [1.82, 2.24) is 4.98 Å². The molecule has 0 aliphatic heterocycles. The molecule has 2 aromatic rings. The summed E-state index contributed by atoms with van der Waals surface area (Å²) in [6, 6.07) is 6.22. The number of halogens is 1. The zero-order chi connectivity index (χ0) is 14.5. The van der Waals surface area contributed by atoms with Gasteiger partial charge in [-0.25, -0.2) is 4.39 Å². The third kappa shape index (κ3) is 3.12. The topological polar surface area (TPSA) is 54.0 Å². The average molecular weight is 273 g/mol. The molecule has 104 valence electrons. The van der Waals surface area contributed by atoms with Gasteiger partial charge in [0, 0.05) is 12.7 Å². The first-order valence-electron chi connectivity index (χ1n) is 6.37. The van der Waals surface area contributed by atoms with Gasteiger partial charge in [0.2, 0.25) is 0 Å². The molecular formula is C15H16FN3O. The van der Waals surface area contributed by atoms with Crippen LogP contribution in [0.2, 0.25) is 0 Å². The molecule has 2 rings (SSSR count). The standard InChI is InChI=1S/C15H16FN3O/c1-3-18-14-12(5-4-6-13(14)16)15(20)19-11-7-10(2)8-17-9-11/h4-9,18H,3H2,1-2H3,(H,19,20). The Bertz CT molecular complexity index is 628. The first kappa shape index (κ1) is 14.0. The first-order chi connectivity index (χ1) is 9.61. The van der Waals surface area contributed by atoms with E-state index in [9.17, 15) is 9.18 Å². The highest BCUT2D eigenvalue weighted by Gasteiger charge is 2.14. The van der Waals surface area contributed by atoms with E-state index in [4.69, 9.17) is 0 Å². The Morgan fingerprint density at radius 3 is 2.85 bits per heavy atom. The van der Waals surface area contributed by atoms with E-state index in [2.05, 4.69) is 15.6 Å². The second kappa shape index (κ2) is 6.14. The van der Waals surface area contributed by atoms with Gasteiger partial charge < -0.3 is 10.6 Å². The Morgan fingerprint density at radius 2 is 2.15 bits per heavy atom. The van der Waals surface area contributed by atoms with Gasteiger partial charge in [0.25, 0.3) is 5.91 Å². The van der Waals surface area contributed by atoms with Gasteiger partial charge in [-0.15, -0.1) is 0 Å². The van der Waals surface area contributed by atoms with E-state index in [-0.39, 0.29) is 17.2 Å². The maximum absolute atomic E-state index is 13.7. The Labute approximate surface area is 117 Å². The molecule has 1 aromatic heterocycles. The summed E-state index contributed by atoms with van der Waals surface area (Å²) in [4.78, 5) is 16.2. The lowest BCUT2D eigenvalue weighted by Gasteiger charge is -2.12. The molecule has 1 heterocycles. The van der Waals surface area contributed by atoms with E-state index in [1.807, 2.05) is 13.8 Å². The number of nitrogens with zero attached hydrogens (tertiary/aromatic N) is 1. The molecule has 0 aliphatic carbocycles. The summed E-state index contributed by atoms with van der Waals surface area (Å²) in [7, 11) is 0. The number of nitrogens with one attached hydrogen (secondary N) is 2. The SMILES string of the molecule is CCNc1c(F)cccc1C(=O)Nc1cncc(C)c1. The lowest BCUT2D eigenvalue weighted by molar-refractivity contribution is 0.102. The Hall–Kier alpha value is -2.43. The quantitative estimate of drug-likeness (QED) is 0.899. The summed E-state index contributed by atoms with van der Waals surface area (Å²) < 4.78 is 13.7. The predicted octanol–water partition coefficient (Wildman–Crippen LogP) is 3.21. The minimum atomic E-state index is -0.443. The van der Waals surface area contributed by atoms with E-state index in [0.29, 0.717) is 12.2 Å². The van der Waals surface area contributed by atoms with Crippen LogP contribution in [0, 0.1) is 12.7 Å². The fourth-order valence-corrected chi connectivity index (χ4v) is 1.89. The molecule has 0 saturated carbocycles. The molecule has 0 fully saturated rings. The normalized spacial score (nSPS) is 10.2. The zero-order valence-corrected chi connectivity index (χ0v) is 11.4. The van der Waals surface area contributed by atoms with E-state index in [1.165, 1.54) is 12.1 Å². The van der Waals surface area contributed by atoms with Crippen molar-refractivity contribution in [3.63, 3.8) is 0 Å². The number of carbonyl (C=O) groups is 1. The molecule has 5 heteroatoms. The number of pyridine rings is 1. The Morgan fingerprint density at radius 1 is 1.35 bits per heavy atom. The molecule has 4 nitrogen and oxygen atoms in total. The summed E-state index contributed by atoms with van der Waals surface area (Å²) >= 11 is 0. The number of carbonyl (C=O) groups excluding carboxylic acids is 1. The number of para-hydroxylation sites is 1. The molecule has 0 aliphatic rings. The van der Waals surface area contributed by atoms with Gasteiger partial charge in [0.1, 0.15) is 5.82 Å². The third-order valence-corrected chi connectivity index (χ3v) is 2.74. The van der Waals surface area contributed by atoms with Crippen LogP contribution in [0.4, 0.5) is 15.8 Å². The largest absolute Gasteiger partial charge is 0.382 e. The summed E-state index contributed by atoms with van der Waals surface area (Å²) in [6.07, 6.45) is 3.25. The predicted molar refractivity (Wildman–Crippen MR) is 77.5 cm³/mol. The lowest BCUT2D eigenvalue weighted by atomic mass is 10.1. The van der Waals surface area contributed by atoms with Crippen LogP contribution in [-0.2, 0) is 0 Å². The number of anilines is 2. The molecule has 1 aromatic carbocycles. The number of rotatable bonds is 4. The van der Waals surface area contributed by atoms with Crippen molar-refractivity contribution < 1.29 is 9.18 Å². The van der Waals surface area contributed by atoms with Crippen LogP contribution in [0.1, 0.15) is 22.8 Å². The highest BCUT2D eigenvalue weighted by atomic mass is 19.1. The van der Waals surface area contributed by atoms with Gasteiger partial charge in [0.15, 0.2) is 0 Å². The molecule has 0 bridgehead atoms. The molecule has 0 saturated heterocycles. The van der Waals surface area contributed by atoms with Crippen molar-refractivity contribution >= 4 is 17.3 Å². The molecule has 0 spiro atoms. The first-order valence-corrected chi connectivity index (χ1v) is 6.37. The number of hydrogen-bond acceptors (Lipinski definition) is 3. The van der Waals surface area contributed by atoms with Crippen molar-refractivity contribution in [3.05, 3.63) is 53.6 Å². The Kier molecular flexibility index (Phi) is 4.30. The van der Waals surface area contributed by atoms with Gasteiger partial charge in [-0.05, 0) is 37.6 Å². The second-order valence-electron chi connectivity index (χ2n) is 4.40. The van der Waals surface area contributed by atoms with Crippen LogP contribution in [0.5, 0.6) is 0 Å². The van der Waals surface area contributed by atoms with E-state index >= 15 is 0 Å². The van der Waals surface area contributed by atoms with E-state index in [0.717, 1.165) is 5.56 Å². The molecule has 0 atom stereocenters. The summed E-state index contributed by atoms with van der Waals surface area (Å²) in [5, 5.41) is 5.59. The van der Waals surface area contributed by atoms with E-state index < -0.39 is 5.82 Å². The third-order valence-electron chi connectivity index (χ3n) is 2.74. The number of benzene rings is 1. The van der Waals surface area contributed by atoms with Crippen molar-refractivity contribution in [3.8, 4) is 0 Å². The molecule has 2 N–H and O–H groups in total. The van der Waals surface area contributed by atoms with Crippen LogP contribution in [0.15, 0.2) is 36.7 Å². The van der Waals surface area contributed by atoms with Crippen LogP contribution in [0.25, 0.3) is 0 Å². The molecular weight excluding hydrogens is 257 g/mol. The highest BCUT2D eigenvalue weighted by molar-refractivity contribution is 6.08. The molecule has 1 amide bonds. The minimum absolute atomic E-state index is 0.216. The smallest absolute Gasteiger partial charge is 0.257 e. The van der Waals surface area contributed by atoms with Crippen LogP contribution in [-0.4, -0.2) is 17.4 Å². The van der Waals surface area contributed by atoms with Crippen molar-refractivity contribution in [2.24, 2.45) is 0 Å². The maximum Gasteiger partial charge on any atom is 0.257 e. The van der Waals surface area contributed by atoms with Gasteiger partial charge >= 0.3 is 0 Å². The Balaban J connectivity index is 2.27. The van der Waals surface area contributed by atoms with Crippen LogP contribution < -0.4 is 10.6 Å².